The van der Waals surface area contributed by atoms with Crippen LogP contribution >= 0.6 is 15.6 Å². The first-order valence-electron chi connectivity index (χ1n) is 39.4. The van der Waals surface area contributed by atoms with Gasteiger partial charge in [0.1, 0.15) is 19.3 Å². The van der Waals surface area contributed by atoms with Crippen molar-refractivity contribution in [1.29, 1.82) is 0 Å². The van der Waals surface area contributed by atoms with E-state index >= 15 is 0 Å². The van der Waals surface area contributed by atoms with Gasteiger partial charge in [0.05, 0.1) is 26.4 Å². The number of hydrogen-bond acceptors (Lipinski definition) is 15. The molecule has 0 aliphatic rings. The number of esters is 4. The van der Waals surface area contributed by atoms with Crippen LogP contribution < -0.4 is 0 Å². The molecule has 584 valence electrons. The normalized spacial score (nSPS) is 14.6. The van der Waals surface area contributed by atoms with E-state index in [4.69, 9.17) is 37.0 Å². The van der Waals surface area contributed by atoms with Crippen LogP contribution in [0.4, 0.5) is 0 Å². The molecule has 102 heavy (non-hydrogen) atoms. The molecule has 19 heteroatoms. The molecule has 0 fully saturated rings. The quantitative estimate of drug-likeness (QED) is 0.0169. The fourth-order valence-electron chi connectivity index (χ4n) is 10.1. The highest BCUT2D eigenvalue weighted by Gasteiger charge is 2.30. The number of phosphoric ester groups is 2. The third kappa shape index (κ3) is 73.5. The highest BCUT2D eigenvalue weighted by Crippen LogP contribution is 2.45. The van der Waals surface area contributed by atoms with Crippen LogP contribution in [0.5, 0.6) is 0 Å². The molecule has 0 rings (SSSR count). The van der Waals surface area contributed by atoms with Crippen molar-refractivity contribution >= 4 is 39.5 Å². The Bertz CT molecular complexity index is 2460. The maximum absolute atomic E-state index is 13.1. The zero-order chi connectivity index (χ0) is 74.6. The summed E-state index contributed by atoms with van der Waals surface area (Å²) in [6.07, 6.45) is 82.9. The Morgan fingerprint density at radius 1 is 0.284 bits per heavy atom. The molecule has 0 amide bonds. The zero-order valence-electron chi connectivity index (χ0n) is 63.7. The van der Waals surface area contributed by atoms with Crippen LogP contribution in [0.2, 0.25) is 0 Å². The van der Waals surface area contributed by atoms with Gasteiger partial charge in [0.25, 0.3) is 0 Å². The van der Waals surface area contributed by atoms with Gasteiger partial charge in [0.15, 0.2) is 12.2 Å². The second-order valence-corrected chi connectivity index (χ2v) is 28.8. The molecule has 0 aromatic heterocycles. The monoisotopic (exact) mass is 1470 g/mol. The number of aliphatic hydroxyl groups excluding tert-OH is 1. The second kappa shape index (κ2) is 74.5. The van der Waals surface area contributed by atoms with E-state index in [1.807, 2.05) is 0 Å². The van der Waals surface area contributed by atoms with Gasteiger partial charge in [0, 0.05) is 25.7 Å². The smallest absolute Gasteiger partial charge is 0.462 e. The van der Waals surface area contributed by atoms with E-state index in [0.29, 0.717) is 25.7 Å². The molecular weight excluding hydrogens is 1330 g/mol. The lowest BCUT2D eigenvalue weighted by molar-refractivity contribution is -0.161. The minimum Gasteiger partial charge on any atom is -0.462 e. The number of ether oxygens (including phenoxy) is 4. The Morgan fingerprint density at radius 3 is 0.824 bits per heavy atom. The lowest BCUT2D eigenvalue weighted by atomic mass is 10.1. The van der Waals surface area contributed by atoms with E-state index in [9.17, 15) is 43.2 Å². The average molecular weight is 1470 g/mol. The molecule has 0 radical (unpaired) electrons. The molecule has 0 saturated heterocycles. The number of phosphoric acid groups is 2. The predicted octanol–water partition coefficient (Wildman–Crippen LogP) is 22.9. The van der Waals surface area contributed by atoms with Gasteiger partial charge in [-0.15, -0.1) is 0 Å². The SMILES string of the molecule is CC/C=C\C/C=C\C/C=C\C/C=C\CCCCCCCCC(=O)OCC(COP(=O)(O)OCC(O)COP(=O)(O)OCC(COC(=O)CCCCCC/C=C\C/C=C\C/C=C\C/C=C\CC)OC(=O)CCCCCCC/C=C\CCCC)OC(=O)CCCCCCC/C=C\C/C=C\CCCCC. The lowest BCUT2D eigenvalue weighted by Crippen LogP contribution is -2.30. The summed E-state index contributed by atoms with van der Waals surface area (Å²) in [6, 6.07) is 0. The van der Waals surface area contributed by atoms with Crippen molar-refractivity contribution in [2.45, 2.75) is 329 Å². The van der Waals surface area contributed by atoms with Crippen LogP contribution in [-0.4, -0.2) is 96.7 Å². The van der Waals surface area contributed by atoms with Crippen molar-refractivity contribution < 1.29 is 80.2 Å². The van der Waals surface area contributed by atoms with E-state index in [2.05, 4.69) is 161 Å². The van der Waals surface area contributed by atoms with E-state index in [0.717, 1.165) is 199 Å². The minimum atomic E-state index is -4.99. The summed E-state index contributed by atoms with van der Waals surface area (Å²) in [7, 11) is -9.97. The molecule has 0 aromatic rings. The first-order chi connectivity index (χ1) is 49.7. The third-order valence-electron chi connectivity index (χ3n) is 16.1. The Morgan fingerprint density at radius 2 is 0.520 bits per heavy atom. The van der Waals surface area contributed by atoms with Crippen molar-refractivity contribution in [1.82, 2.24) is 0 Å². The van der Waals surface area contributed by atoms with Crippen LogP contribution in [0, 0.1) is 0 Å². The van der Waals surface area contributed by atoms with Crippen molar-refractivity contribution in [2.75, 3.05) is 39.6 Å². The Balaban J connectivity index is 5.37. The molecule has 5 atom stereocenters. The van der Waals surface area contributed by atoms with Gasteiger partial charge in [-0.05, 0) is 154 Å². The predicted molar refractivity (Wildman–Crippen MR) is 418 cm³/mol. The van der Waals surface area contributed by atoms with Crippen molar-refractivity contribution in [3.63, 3.8) is 0 Å². The Hall–Kier alpha value is -4.80. The zero-order valence-corrected chi connectivity index (χ0v) is 65.5. The largest absolute Gasteiger partial charge is 0.472 e. The summed E-state index contributed by atoms with van der Waals surface area (Å²) in [6.45, 7) is 4.52. The molecule has 3 N–H and O–H groups in total. The average Bonchev–Trinajstić information content (AvgIpc) is 0.939. The molecule has 0 aliphatic heterocycles. The molecule has 0 spiro atoms. The molecule has 0 heterocycles. The van der Waals surface area contributed by atoms with E-state index in [1.54, 1.807) is 0 Å². The topological polar surface area (TPSA) is 237 Å². The highest BCUT2D eigenvalue weighted by molar-refractivity contribution is 7.47. The molecule has 0 aromatic carbocycles. The number of unbranched alkanes of at least 4 members (excludes halogenated alkanes) is 25. The van der Waals surface area contributed by atoms with Gasteiger partial charge in [-0.2, -0.15) is 0 Å². The fraction of sp³-hybridized carbons (Fsp3) is 0.687. The number of carbonyl (C=O) groups is 4. The van der Waals surface area contributed by atoms with E-state index in [-0.39, 0.29) is 25.7 Å². The standard InChI is InChI=1S/C83H140O17P2/c1-5-9-13-17-21-25-29-32-35-37-38-40-43-45-49-52-56-60-64-68-81(86)94-74-79(100-83(88)70-66-62-58-54-50-46-41-34-31-27-23-19-15-11-7-3)76-98-102(91,92)96-72-77(84)71-95-101(89,90)97-75-78(99-82(87)69-65-61-57-53-47-28-24-20-16-12-8-4)73-93-80(85)67-63-59-55-51-48-44-42-39-36-33-30-26-22-18-14-10-6-2/h9-10,13-14,20-27,32-36,38,40-42,44,77-79,84H,5-8,11-12,15-19,28-31,37,39,43,45-76H2,1-4H3,(H,89,90)(H,91,92)/b13-9-,14-10-,24-20-,25-21-,26-22-,27-23-,35-32-,36-33-,40-38-,41-34-,44-42-. The van der Waals surface area contributed by atoms with E-state index < -0.39 is 97.5 Å². The van der Waals surface area contributed by atoms with Crippen LogP contribution in [0.3, 0.4) is 0 Å². The minimum absolute atomic E-state index is 0.0723. The maximum atomic E-state index is 13.1. The van der Waals surface area contributed by atoms with Crippen LogP contribution in [0.25, 0.3) is 0 Å². The van der Waals surface area contributed by atoms with Gasteiger partial charge < -0.3 is 33.8 Å². The Kier molecular flexibility index (Phi) is 71.0. The van der Waals surface area contributed by atoms with Gasteiger partial charge in [-0.1, -0.05) is 264 Å². The van der Waals surface area contributed by atoms with Crippen LogP contribution in [0.1, 0.15) is 310 Å². The summed E-state index contributed by atoms with van der Waals surface area (Å²) in [5, 5.41) is 10.6. The van der Waals surface area contributed by atoms with Crippen molar-refractivity contribution in [3.8, 4) is 0 Å². The van der Waals surface area contributed by atoms with Gasteiger partial charge >= 0.3 is 39.5 Å². The van der Waals surface area contributed by atoms with Gasteiger partial charge in [-0.3, -0.25) is 37.3 Å². The number of rotatable bonds is 73. The molecule has 17 nitrogen and oxygen atoms in total. The van der Waals surface area contributed by atoms with Gasteiger partial charge in [-0.25, -0.2) is 9.13 Å². The van der Waals surface area contributed by atoms with Gasteiger partial charge in [0.2, 0.25) is 0 Å². The summed E-state index contributed by atoms with van der Waals surface area (Å²) in [4.78, 5) is 72.9. The number of carbonyl (C=O) groups excluding carboxylic acids is 4. The molecular formula is C83H140O17P2. The van der Waals surface area contributed by atoms with Crippen LogP contribution in [-0.2, 0) is 65.4 Å². The number of aliphatic hydroxyl groups is 1. The Labute approximate surface area is 618 Å². The van der Waals surface area contributed by atoms with Crippen molar-refractivity contribution in [3.05, 3.63) is 134 Å². The lowest BCUT2D eigenvalue weighted by Gasteiger charge is -2.21. The molecule has 5 unspecified atom stereocenters. The number of allylic oxidation sites excluding steroid dienone is 22. The first-order valence-corrected chi connectivity index (χ1v) is 42.4. The molecule has 0 saturated carbocycles. The highest BCUT2D eigenvalue weighted by atomic mass is 31.2. The summed E-state index contributed by atoms with van der Waals surface area (Å²) >= 11 is 0. The van der Waals surface area contributed by atoms with Crippen molar-refractivity contribution in [2.24, 2.45) is 0 Å². The summed E-state index contributed by atoms with van der Waals surface area (Å²) in [5.41, 5.74) is 0. The maximum Gasteiger partial charge on any atom is 0.472 e. The van der Waals surface area contributed by atoms with E-state index in [1.165, 1.54) is 32.1 Å². The summed E-state index contributed by atoms with van der Waals surface area (Å²) in [5.74, 6) is -2.24. The second-order valence-electron chi connectivity index (χ2n) is 25.9. The first kappa shape index (κ1) is 97.2. The molecule has 0 aliphatic carbocycles. The fourth-order valence-corrected chi connectivity index (χ4v) is 11.7. The van der Waals surface area contributed by atoms with Crippen LogP contribution in [0.15, 0.2) is 134 Å². The molecule has 0 bridgehead atoms. The third-order valence-corrected chi connectivity index (χ3v) is 18.0. The number of hydrogen-bond donors (Lipinski definition) is 3. The summed E-state index contributed by atoms with van der Waals surface area (Å²) < 4.78 is 68.5.